The first kappa shape index (κ1) is 17.5. The van der Waals surface area contributed by atoms with Crippen LogP contribution in [-0.2, 0) is 11.0 Å². The first-order valence-electron chi connectivity index (χ1n) is 6.47. The molecule has 1 aromatic carbocycles. The number of hydrogen-bond acceptors (Lipinski definition) is 6. The number of aliphatic carboxylic acids is 1. The van der Waals surface area contributed by atoms with Gasteiger partial charge >= 0.3 is 17.8 Å². The maximum absolute atomic E-state index is 13.4. The lowest BCUT2D eigenvalue weighted by Gasteiger charge is -2.15. The van der Waals surface area contributed by atoms with Crippen molar-refractivity contribution in [1.82, 2.24) is 0 Å². The van der Waals surface area contributed by atoms with Crippen LogP contribution in [0.5, 0.6) is 0 Å². The minimum atomic E-state index is -5.07. The fourth-order valence-electron chi connectivity index (χ4n) is 2.20. The van der Waals surface area contributed by atoms with Gasteiger partial charge in [0.05, 0.1) is 18.0 Å². The number of rotatable bonds is 4. The summed E-state index contributed by atoms with van der Waals surface area (Å²) in [5.41, 5.74) is 5.93. The normalized spacial score (nSPS) is 13.0. The monoisotopic (exact) mass is 344 g/mol. The molecular formula is C14H11F3N2O5. The molecule has 0 spiro atoms. The molecule has 7 nitrogen and oxygen atoms in total. The first-order valence-corrected chi connectivity index (χ1v) is 6.47. The third kappa shape index (κ3) is 3.23. The molecule has 0 fully saturated rings. The molecule has 0 aliphatic carbocycles. The SMILES string of the molecule is Nc1ccc2c(C(F)(F)F)c(C(=O)[C@@H](N)CC(=O)O)c(=O)oc2c1. The summed E-state index contributed by atoms with van der Waals surface area (Å²) >= 11 is 0. The molecule has 24 heavy (non-hydrogen) atoms. The molecule has 0 unspecified atom stereocenters. The van der Waals surface area contributed by atoms with Crippen molar-refractivity contribution in [3.63, 3.8) is 0 Å². The number of carboxylic acids is 1. The first-order chi connectivity index (χ1) is 11.0. The van der Waals surface area contributed by atoms with Crippen LogP contribution in [0.1, 0.15) is 22.3 Å². The highest BCUT2D eigenvalue weighted by atomic mass is 19.4. The van der Waals surface area contributed by atoms with E-state index in [4.69, 9.17) is 21.0 Å². The molecule has 1 heterocycles. The van der Waals surface area contributed by atoms with Crippen LogP contribution in [0.25, 0.3) is 11.0 Å². The van der Waals surface area contributed by atoms with Crippen molar-refractivity contribution >= 4 is 28.4 Å². The summed E-state index contributed by atoms with van der Waals surface area (Å²) in [4.78, 5) is 34.6. The Hall–Kier alpha value is -2.88. The van der Waals surface area contributed by atoms with E-state index < -0.39 is 58.1 Å². The van der Waals surface area contributed by atoms with Crippen molar-refractivity contribution < 1.29 is 32.3 Å². The van der Waals surface area contributed by atoms with E-state index in [0.29, 0.717) is 0 Å². The van der Waals surface area contributed by atoms with Crippen LogP contribution in [0.2, 0.25) is 0 Å². The van der Waals surface area contributed by atoms with Crippen LogP contribution < -0.4 is 17.1 Å². The smallest absolute Gasteiger partial charge is 0.418 e. The third-order valence-electron chi connectivity index (χ3n) is 3.19. The lowest BCUT2D eigenvalue weighted by molar-refractivity contribution is -0.137. The fourth-order valence-corrected chi connectivity index (χ4v) is 2.20. The molecule has 0 saturated heterocycles. The number of hydrogen-bond donors (Lipinski definition) is 3. The zero-order chi connectivity index (χ0) is 18.2. The van der Waals surface area contributed by atoms with Crippen LogP contribution in [0, 0.1) is 0 Å². The van der Waals surface area contributed by atoms with Gasteiger partial charge in [-0.25, -0.2) is 4.79 Å². The lowest BCUT2D eigenvalue weighted by atomic mass is 9.96. The second kappa shape index (κ2) is 5.96. The highest BCUT2D eigenvalue weighted by Gasteiger charge is 2.41. The number of carbonyl (C=O) groups is 2. The number of Topliss-reactive ketones (excluding diaryl/α,β-unsaturated/α-hetero) is 1. The topological polar surface area (TPSA) is 137 Å². The molecule has 0 radical (unpaired) electrons. The van der Waals surface area contributed by atoms with E-state index in [-0.39, 0.29) is 5.69 Å². The Morgan fingerprint density at radius 2 is 1.92 bits per heavy atom. The van der Waals surface area contributed by atoms with Gasteiger partial charge in [-0.3, -0.25) is 9.59 Å². The number of fused-ring (bicyclic) bond motifs is 1. The van der Waals surface area contributed by atoms with Crippen molar-refractivity contribution in [2.24, 2.45) is 5.73 Å². The molecule has 0 amide bonds. The number of carbonyl (C=O) groups excluding carboxylic acids is 1. The van der Waals surface area contributed by atoms with Gasteiger partial charge in [0.15, 0.2) is 5.78 Å². The van der Waals surface area contributed by atoms with Crippen LogP contribution in [0.3, 0.4) is 0 Å². The Morgan fingerprint density at radius 1 is 1.29 bits per heavy atom. The van der Waals surface area contributed by atoms with Crippen LogP contribution in [-0.4, -0.2) is 22.9 Å². The molecular weight excluding hydrogens is 333 g/mol. The van der Waals surface area contributed by atoms with Gasteiger partial charge in [0.25, 0.3) is 0 Å². The number of carboxylic acid groups (broad SMARTS) is 1. The van der Waals surface area contributed by atoms with Crippen LogP contribution >= 0.6 is 0 Å². The van der Waals surface area contributed by atoms with Crippen LogP contribution in [0.4, 0.5) is 18.9 Å². The number of anilines is 1. The summed E-state index contributed by atoms with van der Waals surface area (Å²) in [6.07, 6.45) is -6.01. The molecule has 1 aromatic heterocycles. The van der Waals surface area contributed by atoms with Gasteiger partial charge in [0, 0.05) is 17.1 Å². The van der Waals surface area contributed by atoms with E-state index in [9.17, 15) is 27.6 Å². The fraction of sp³-hybridized carbons (Fsp3) is 0.214. The molecule has 0 saturated carbocycles. The number of alkyl halides is 3. The quantitative estimate of drug-likeness (QED) is 0.433. The molecule has 0 aliphatic heterocycles. The van der Waals surface area contributed by atoms with Gasteiger partial charge in [-0.05, 0) is 12.1 Å². The molecule has 2 rings (SSSR count). The number of nitrogen functional groups attached to an aromatic ring is 1. The zero-order valence-corrected chi connectivity index (χ0v) is 11.9. The van der Waals surface area contributed by atoms with E-state index in [1.807, 2.05) is 0 Å². The largest absolute Gasteiger partial charge is 0.481 e. The Labute approximate surface area is 131 Å². The summed E-state index contributed by atoms with van der Waals surface area (Å²) in [6.45, 7) is 0. The molecule has 2 aromatic rings. The molecule has 5 N–H and O–H groups in total. The van der Waals surface area contributed by atoms with Gasteiger partial charge in [-0.2, -0.15) is 13.2 Å². The molecule has 0 bridgehead atoms. The second-order valence-corrected chi connectivity index (χ2v) is 4.96. The maximum atomic E-state index is 13.4. The van der Waals surface area contributed by atoms with Gasteiger partial charge in [0.2, 0.25) is 0 Å². The number of benzene rings is 1. The number of halogens is 3. The molecule has 1 atom stereocenters. The third-order valence-corrected chi connectivity index (χ3v) is 3.19. The van der Waals surface area contributed by atoms with Gasteiger partial charge in [0.1, 0.15) is 11.1 Å². The molecule has 10 heteroatoms. The highest BCUT2D eigenvalue weighted by Crippen LogP contribution is 2.37. The summed E-state index contributed by atoms with van der Waals surface area (Å²) in [6, 6.07) is 1.29. The Bertz CT molecular complexity index is 888. The lowest BCUT2D eigenvalue weighted by Crippen LogP contribution is -2.37. The summed E-state index contributed by atoms with van der Waals surface area (Å²) in [5, 5.41) is 8.06. The standard InChI is InChI=1S/C14H11F3N2O5/c15-14(16,17)11-6-2-1-5(18)3-8(6)24-13(23)10(11)12(22)7(19)4-9(20)21/h1-3,7H,4,18-19H2,(H,20,21)/t7-/m0/s1. The van der Waals surface area contributed by atoms with Gasteiger partial charge in [-0.15, -0.1) is 0 Å². The Kier molecular flexibility index (Phi) is 4.34. The zero-order valence-electron chi connectivity index (χ0n) is 11.9. The molecule has 128 valence electrons. The Balaban J connectivity index is 2.80. The highest BCUT2D eigenvalue weighted by molar-refractivity contribution is 6.05. The number of nitrogens with two attached hydrogens (primary N) is 2. The van der Waals surface area contributed by atoms with Crippen molar-refractivity contribution in [1.29, 1.82) is 0 Å². The van der Waals surface area contributed by atoms with Crippen LogP contribution in [0.15, 0.2) is 27.4 Å². The number of ketones is 1. The van der Waals surface area contributed by atoms with Crippen molar-refractivity contribution in [3.05, 3.63) is 39.7 Å². The van der Waals surface area contributed by atoms with Gasteiger partial charge < -0.3 is 21.0 Å². The average molecular weight is 344 g/mol. The molecule has 0 aliphatic rings. The Morgan fingerprint density at radius 3 is 2.46 bits per heavy atom. The van der Waals surface area contributed by atoms with Crippen molar-refractivity contribution in [3.8, 4) is 0 Å². The van der Waals surface area contributed by atoms with Gasteiger partial charge in [-0.1, -0.05) is 0 Å². The van der Waals surface area contributed by atoms with E-state index in [2.05, 4.69) is 0 Å². The summed E-state index contributed by atoms with van der Waals surface area (Å²) < 4.78 is 45.0. The minimum absolute atomic E-state index is 0.0560. The van der Waals surface area contributed by atoms with E-state index in [0.717, 1.165) is 18.2 Å². The summed E-state index contributed by atoms with van der Waals surface area (Å²) in [7, 11) is 0. The van der Waals surface area contributed by atoms with E-state index >= 15 is 0 Å². The van der Waals surface area contributed by atoms with E-state index in [1.165, 1.54) is 0 Å². The van der Waals surface area contributed by atoms with Crippen molar-refractivity contribution in [2.45, 2.75) is 18.6 Å². The second-order valence-electron chi connectivity index (χ2n) is 4.96. The predicted octanol–water partition coefficient (Wildman–Crippen LogP) is 1.38. The summed E-state index contributed by atoms with van der Waals surface area (Å²) in [5.74, 6) is -2.96. The van der Waals surface area contributed by atoms with E-state index in [1.54, 1.807) is 0 Å². The maximum Gasteiger partial charge on any atom is 0.418 e. The minimum Gasteiger partial charge on any atom is -0.481 e. The van der Waals surface area contributed by atoms with Crippen molar-refractivity contribution in [2.75, 3.05) is 5.73 Å². The predicted molar refractivity (Wildman–Crippen MR) is 76.5 cm³/mol. The average Bonchev–Trinajstić information content (AvgIpc) is 2.43.